The molecule has 0 aromatic heterocycles. The molecule has 1 aromatic rings. The molecule has 0 unspecified atom stereocenters. The fourth-order valence-corrected chi connectivity index (χ4v) is 1.75. The first-order valence-electron chi connectivity index (χ1n) is 4.93. The van der Waals surface area contributed by atoms with Gasteiger partial charge in [-0.25, -0.2) is 8.78 Å². The lowest BCUT2D eigenvalue weighted by Crippen LogP contribution is -2.24. The molecular weight excluding hydrogens is 327 g/mol. The number of alkyl halides is 1. The van der Waals surface area contributed by atoms with E-state index in [9.17, 15) is 13.6 Å². The van der Waals surface area contributed by atoms with Crippen molar-refractivity contribution in [3.8, 4) is 0 Å². The Morgan fingerprint density at radius 1 is 1.19 bits per heavy atom. The van der Waals surface area contributed by atoms with Gasteiger partial charge >= 0.3 is 0 Å². The van der Waals surface area contributed by atoms with Crippen molar-refractivity contribution >= 4 is 28.5 Å². The highest BCUT2D eigenvalue weighted by atomic mass is 127. The molecule has 0 aliphatic carbocycles. The smallest absolute Gasteiger partial charge is 0.251 e. The van der Waals surface area contributed by atoms with E-state index < -0.39 is 17.5 Å². The predicted molar refractivity (Wildman–Crippen MR) is 66.8 cm³/mol. The van der Waals surface area contributed by atoms with E-state index in [4.69, 9.17) is 0 Å². The van der Waals surface area contributed by atoms with Crippen LogP contribution in [0.2, 0.25) is 0 Å². The third-order valence-corrected chi connectivity index (χ3v) is 2.73. The minimum absolute atomic E-state index is 0.0203. The van der Waals surface area contributed by atoms with Crippen LogP contribution in [0, 0.1) is 11.6 Å². The number of unbranched alkanes of at least 4 members (excludes halogenated alkanes) is 1. The topological polar surface area (TPSA) is 29.1 Å². The summed E-state index contributed by atoms with van der Waals surface area (Å²) in [5.74, 6) is -1.92. The van der Waals surface area contributed by atoms with Crippen LogP contribution in [0.25, 0.3) is 0 Å². The molecule has 0 heterocycles. The van der Waals surface area contributed by atoms with E-state index in [0.29, 0.717) is 6.54 Å². The van der Waals surface area contributed by atoms with Crippen LogP contribution >= 0.6 is 22.6 Å². The molecule has 0 aliphatic rings. The van der Waals surface area contributed by atoms with Crippen LogP contribution in [0.5, 0.6) is 0 Å². The van der Waals surface area contributed by atoms with Crippen molar-refractivity contribution in [3.63, 3.8) is 0 Å². The van der Waals surface area contributed by atoms with E-state index in [-0.39, 0.29) is 5.56 Å². The number of carbonyl (C=O) groups excluding carboxylic acids is 1. The van der Waals surface area contributed by atoms with E-state index in [2.05, 4.69) is 27.9 Å². The lowest BCUT2D eigenvalue weighted by Gasteiger charge is -2.04. The lowest BCUT2D eigenvalue weighted by atomic mass is 10.2. The zero-order chi connectivity index (χ0) is 12.0. The SMILES string of the molecule is O=C(NCCCCI)c1cc(F)cc(F)c1. The standard InChI is InChI=1S/C11H12F2INO/c12-9-5-8(6-10(13)7-9)11(16)15-4-2-1-3-14/h5-7H,1-4H2,(H,15,16). The fourth-order valence-electron chi connectivity index (χ4n) is 1.21. The summed E-state index contributed by atoms with van der Waals surface area (Å²) in [5.41, 5.74) is 0.0203. The number of halogens is 3. The van der Waals surface area contributed by atoms with Crippen LogP contribution in [-0.4, -0.2) is 16.9 Å². The molecular formula is C11H12F2INO. The summed E-state index contributed by atoms with van der Waals surface area (Å²) in [6.45, 7) is 0.528. The van der Waals surface area contributed by atoms with E-state index in [0.717, 1.165) is 35.5 Å². The summed E-state index contributed by atoms with van der Waals surface area (Å²) in [7, 11) is 0. The lowest BCUT2D eigenvalue weighted by molar-refractivity contribution is 0.0952. The second-order valence-corrected chi connectivity index (χ2v) is 4.39. The number of amides is 1. The first-order chi connectivity index (χ1) is 7.63. The molecule has 0 aliphatic heterocycles. The van der Waals surface area contributed by atoms with Gasteiger partial charge in [0.1, 0.15) is 11.6 Å². The fraction of sp³-hybridized carbons (Fsp3) is 0.364. The quantitative estimate of drug-likeness (QED) is 0.499. The Labute approximate surface area is 107 Å². The Bertz CT molecular complexity index is 351. The normalized spacial score (nSPS) is 10.2. The van der Waals surface area contributed by atoms with Crippen LogP contribution in [0.1, 0.15) is 23.2 Å². The molecule has 0 bridgehead atoms. The van der Waals surface area contributed by atoms with Gasteiger partial charge in [-0.3, -0.25) is 4.79 Å². The minimum Gasteiger partial charge on any atom is -0.352 e. The van der Waals surface area contributed by atoms with E-state index in [1.807, 2.05) is 0 Å². The summed E-state index contributed by atoms with van der Waals surface area (Å²) in [6, 6.07) is 2.79. The average molecular weight is 339 g/mol. The third-order valence-electron chi connectivity index (χ3n) is 1.97. The van der Waals surface area contributed by atoms with E-state index >= 15 is 0 Å². The Kier molecular flexibility index (Phi) is 5.65. The highest BCUT2D eigenvalue weighted by Crippen LogP contribution is 2.07. The summed E-state index contributed by atoms with van der Waals surface area (Å²) >= 11 is 2.25. The van der Waals surface area contributed by atoms with Crippen LogP contribution in [-0.2, 0) is 0 Å². The van der Waals surface area contributed by atoms with Gasteiger partial charge in [-0.05, 0) is 29.4 Å². The van der Waals surface area contributed by atoms with Crippen molar-refractivity contribution in [3.05, 3.63) is 35.4 Å². The Morgan fingerprint density at radius 2 is 1.81 bits per heavy atom. The zero-order valence-electron chi connectivity index (χ0n) is 8.60. The van der Waals surface area contributed by atoms with Crippen LogP contribution in [0.3, 0.4) is 0 Å². The monoisotopic (exact) mass is 339 g/mol. The van der Waals surface area contributed by atoms with Crippen molar-refractivity contribution in [2.24, 2.45) is 0 Å². The van der Waals surface area contributed by atoms with Crippen LogP contribution < -0.4 is 5.32 Å². The minimum atomic E-state index is -0.739. The van der Waals surface area contributed by atoms with Gasteiger partial charge in [0.2, 0.25) is 0 Å². The molecule has 88 valence electrons. The average Bonchev–Trinajstić information content (AvgIpc) is 2.22. The van der Waals surface area contributed by atoms with Gasteiger partial charge in [-0.2, -0.15) is 0 Å². The van der Waals surface area contributed by atoms with Crippen molar-refractivity contribution in [1.82, 2.24) is 5.32 Å². The molecule has 0 radical (unpaired) electrons. The van der Waals surface area contributed by atoms with E-state index in [1.54, 1.807) is 0 Å². The van der Waals surface area contributed by atoms with Gasteiger partial charge < -0.3 is 5.32 Å². The predicted octanol–water partition coefficient (Wildman–Crippen LogP) is 2.91. The maximum absolute atomic E-state index is 12.8. The first kappa shape index (κ1) is 13.3. The Morgan fingerprint density at radius 3 is 2.38 bits per heavy atom. The van der Waals surface area contributed by atoms with Gasteiger partial charge in [0.25, 0.3) is 5.91 Å². The first-order valence-corrected chi connectivity index (χ1v) is 6.46. The summed E-state index contributed by atoms with van der Waals surface area (Å²) in [6.07, 6.45) is 1.88. The number of carbonyl (C=O) groups is 1. The number of hydrogen-bond acceptors (Lipinski definition) is 1. The summed E-state index contributed by atoms with van der Waals surface area (Å²) in [5, 5.41) is 2.61. The second kappa shape index (κ2) is 6.78. The number of benzene rings is 1. The summed E-state index contributed by atoms with van der Waals surface area (Å²) in [4.78, 5) is 11.5. The summed E-state index contributed by atoms with van der Waals surface area (Å²) < 4.78 is 26.7. The highest BCUT2D eigenvalue weighted by Gasteiger charge is 2.08. The molecule has 1 rings (SSSR count). The largest absolute Gasteiger partial charge is 0.352 e. The van der Waals surface area contributed by atoms with Gasteiger partial charge in [0, 0.05) is 18.2 Å². The van der Waals surface area contributed by atoms with Crippen molar-refractivity contribution < 1.29 is 13.6 Å². The van der Waals surface area contributed by atoms with Gasteiger partial charge in [-0.1, -0.05) is 22.6 Å². The number of rotatable bonds is 5. The van der Waals surface area contributed by atoms with Gasteiger partial charge in [0.05, 0.1) is 0 Å². The molecule has 0 saturated carbocycles. The zero-order valence-corrected chi connectivity index (χ0v) is 10.8. The van der Waals surface area contributed by atoms with Gasteiger partial charge in [0.15, 0.2) is 0 Å². The Balaban J connectivity index is 2.52. The number of nitrogens with one attached hydrogen (secondary N) is 1. The van der Waals surface area contributed by atoms with Gasteiger partial charge in [-0.15, -0.1) is 0 Å². The maximum Gasteiger partial charge on any atom is 0.251 e. The molecule has 5 heteroatoms. The molecule has 0 saturated heterocycles. The molecule has 0 atom stereocenters. The molecule has 2 nitrogen and oxygen atoms in total. The highest BCUT2D eigenvalue weighted by molar-refractivity contribution is 14.1. The van der Waals surface area contributed by atoms with E-state index in [1.165, 1.54) is 0 Å². The molecule has 0 fully saturated rings. The van der Waals surface area contributed by atoms with Crippen molar-refractivity contribution in [1.29, 1.82) is 0 Å². The maximum atomic E-state index is 12.8. The van der Waals surface area contributed by atoms with Crippen LogP contribution in [0.15, 0.2) is 18.2 Å². The molecule has 1 N–H and O–H groups in total. The van der Waals surface area contributed by atoms with Crippen LogP contribution in [0.4, 0.5) is 8.78 Å². The van der Waals surface area contributed by atoms with Crippen molar-refractivity contribution in [2.45, 2.75) is 12.8 Å². The second-order valence-electron chi connectivity index (χ2n) is 3.31. The third kappa shape index (κ3) is 4.42. The molecule has 1 amide bonds. The Hall–Kier alpha value is -0.720. The van der Waals surface area contributed by atoms with Crippen molar-refractivity contribution in [2.75, 3.05) is 11.0 Å². The molecule has 1 aromatic carbocycles. The molecule has 16 heavy (non-hydrogen) atoms. The molecule has 0 spiro atoms. The number of hydrogen-bond donors (Lipinski definition) is 1.